The van der Waals surface area contributed by atoms with Crippen LogP contribution < -0.4 is 0 Å². The number of carbonyl (C=O) groups is 1. The molecular formula is C11H5Br2FOS. The summed E-state index contributed by atoms with van der Waals surface area (Å²) in [6, 6.07) is 7.27. The molecule has 0 atom stereocenters. The third-order valence-corrected chi connectivity index (χ3v) is 4.35. The summed E-state index contributed by atoms with van der Waals surface area (Å²) in [5, 5.41) is 0. The normalized spacial score (nSPS) is 10.4. The number of rotatable bonds is 2. The SMILES string of the molecule is O=C(c1ccc(F)cc1)c1cc(Br)sc1Br. The first-order chi connectivity index (χ1) is 7.58. The third kappa shape index (κ3) is 2.42. The van der Waals surface area contributed by atoms with Gasteiger partial charge < -0.3 is 0 Å². The second kappa shape index (κ2) is 4.77. The highest BCUT2D eigenvalue weighted by molar-refractivity contribution is 9.12. The molecule has 5 heteroatoms. The monoisotopic (exact) mass is 362 g/mol. The first kappa shape index (κ1) is 12.0. The van der Waals surface area contributed by atoms with E-state index in [0.29, 0.717) is 11.1 Å². The highest BCUT2D eigenvalue weighted by Crippen LogP contribution is 2.33. The van der Waals surface area contributed by atoms with E-state index in [4.69, 9.17) is 0 Å². The van der Waals surface area contributed by atoms with Crippen LogP contribution in [0.25, 0.3) is 0 Å². The number of thiophene rings is 1. The van der Waals surface area contributed by atoms with Gasteiger partial charge in [-0.3, -0.25) is 4.79 Å². The summed E-state index contributed by atoms with van der Waals surface area (Å²) in [6.07, 6.45) is 0. The van der Waals surface area contributed by atoms with Crippen molar-refractivity contribution >= 4 is 49.0 Å². The Morgan fingerprint density at radius 3 is 2.31 bits per heavy atom. The van der Waals surface area contributed by atoms with Gasteiger partial charge in [-0.2, -0.15) is 0 Å². The van der Waals surface area contributed by atoms with Gasteiger partial charge in [0.05, 0.1) is 7.57 Å². The Hall–Kier alpha value is -0.520. The Morgan fingerprint density at radius 1 is 1.19 bits per heavy atom. The minimum atomic E-state index is -0.345. The molecule has 16 heavy (non-hydrogen) atoms. The van der Waals surface area contributed by atoms with Gasteiger partial charge in [0.25, 0.3) is 0 Å². The van der Waals surface area contributed by atoms with Gasteiger partial charge in [0.2, 0.25) is 0 Å². The molecule has 0 N–H and O–H groups in total. The molecule has 0 saturated carbocycles. The van der Waals surface area contributed by atoms with E-state index in [2.05, 4.69) is 31.9 Å². The lowest BCUT2D eigenvalue weighted by Gasteiger charge is -1.98. The van der Waals surface area contributed by atoms with Crippen LogP contribution in [0.1, 0.15) is 15.9 Å². The van der Waals surface area contributed by atoms with Gasteiger partial charge in [0, 0.05) is 11.1 Å². The Balaban J connectivity index is 2.39. The Kier molecular flexibility index (Phi) is 3.56. The molecule has 0 aliphatic rings. The highest BCUT2D eigenvalue weighted by atomic mass is 79.9. The number of carbonyl (C=O) groups excluding carboxylic acids is 1. The van der Waals surface area contributed by atoms with E-state index in [1.165, 1.54) is 35.6 Å². The van der Waals surface area contributed by atoms with Gasteiger partial charge in [0.15, 0.2) is 5.78 Å². The van der Waals surface area contributed by atoms with Crippen molar-refractivity contribution in [3.8, 4) is 0 Å². The Labute approximate surface area is 113 Å². The van der Waals surface area contributed by atoms with Gasteiger partial charge in [-0.1, -0.05) is 0 Å². The molecule has 0 saturated heterocycles. The van der Waals surface area contributed by atoms with E-state index in [0.717, 1.165) is 7.57 Å². The maximum absolute atomic E-state index is 12.7. The van der Waals surface area contributed by atoms with E-state index in [9.17, 15) is 9.18 Å². The summed E-state index contributed by atoms with van der Waals surface area (Å²) in [5.41, 5.74) is 1.07. The lowest BCUT2D eigenvalue weighted by atomic mass is 10.1. The second-order valence-electron chi connectivity index (χ2n) is 3.07. The fourth-order valence-electron chi connectivity index (χ4n) is 1.25. The topological polar surface area (TPSA) is 17.1 Å². The van der Waals surface area contributed by atoms with Crippen molar-refractivity contribution in [2.24, 2.45) is 0 Å². The van der Waals surface area contributed by atoms with E-state index >= 15 is 0 Å². The lowest BCUT2D eigenvalue weighted by Crippen LogP contribution is -2.00. The van der Waals surface area contributed by atoms with Gasteiger partial charge in [0.1, 0.15) is 5.82 Å². The van der Waals surface area contributed by atoms with Crippen LogP contribution in [0.3, 0.4) is 0 Å². The molecule has 0 spiro atoms. The summed E-state index contributed by atoms with van der Waals surface area (Å²) in [4.78, 5) is 12.0. The quantitative estimate of drug-likeness (QED) is 0.710. The van der Waals surface area contributed by atoms with Crippen molar-refractivity contribution in [3.63, 3.8) is 0 Å². The third-order valence-electron chi connectivity index (χ3n) is 2.01. The predicted molar refractivity (Wildman–Crippen MR) is 69.6 cm³/mol. The summed E-state index contributed by atoms with van der Waals surface area (Å²) < 4.78 is 14.4. The van der Waals surface area contributed by atoms with Crippen molar-refractivity contribution < 1.29 is 9.18 Å². The van der Waals surface area contributed by atoms with Crippen LogP contribution in [0, 0.1) is 5.82 Å². The van der Waals surface area contributed by atoms with E-state index in [-0.39, 0.29) is 11.6 Å². The van der Waals surface area contributed by atoms with Crippen LogP contribution >= 0.6 is 43.2 Å². The van der Waals surface area contributed by atoms with Crippen LogP contribution in [0.2, 0.25) is 0 Å². The predicted octanol–water partition coefficient (Wildman–Crippen LogP) is 4.64. The number of hydrogen-bond donors (Lipinski definition) is 0. The number of halogens is 3. The molecule has 0 aliphatic heterocycles. The zero-order valence-corrected chi connectivity index (χ0v) is 11.8. The van der Waals surface area contributed by atoms with Crippen LogP contribution in [0.5, 0.6) is 0 Å². The molecule has 0 fully saturated rings. The fraction of sp³-hybridized carbons (Fsp3) is 0. The molecular weight excluding hydrogens is 359 g/mol. The molecule has 0 bridgehead atoms. The second-order valence-corrected chi connectivity index (χ2v) is 6.82. The number of ketones is 1. The average Bonchev–Trinajstić information content (AvgIpc) is 2.58. The van der Waals surface area contributed by atoms with Crippen molar-refractivity contribution in [2.75, 3.05) is 0 Å². The minimum absolute atomic E-state index is 0.117. The van der Waals surface area contributed by atoms with Crippen molar-refractivity contribution in [2.45, 2.75) is 0 Å². The van der Waals surface area contributed by atoms with Crippen LogP contribution in [-0.2, 0) is 0 Å². The highest BCUT2D eigenvalue weighted by Gasteiger charge is 2.15. The first-order valence-electron chi connectivity index (χ1n) is 4.33. The summed E-state index contributed by atoms with van der Waals surface area (Å²) in [7, 11) is 0. The van der Waals surface area contributed by atoms with E-state index < -0.39 is 0 Å². The van der Waals surface area contributed by atoms with Gasteiger partial charge in [-0.25, -0.2) is 4.39 Å². The molecule has 1 nitrogen and oxygen atoms in total. The van der Waals surface area contributed by atoms with Gasteiger partial charge in [-0.05, 0) is 62.2 Å². The molecule has 1 heterocycles. The smallest absolute Gasteiger partial charge is 0.195 e. The Bertz CT molecular complexity index is 533. The first-order valence-corrected chi connectivity index (χ1v) is 6.73. The molecule has 0 aliphatic carbocycles. The minimum Gasteiger partial charge on any atom is -0.289 e. The van der Waals surface area contributed by atoms with Crippen LogP contribution in [0.4, 0.5) is 4.39 Å². The zero-order valence-electron chi connectivity index (χ0n) is 7.84. The molecule has 1 aromatic carbocycles. The molecule has 0 radical (unpaired) electrons. The van der Waals surface area contributed by atoms with Crippen molar-refractivity contribution in [1.82, 2.24) is 0 Å². The van der Waals surface area contributed by atoms with Gasteiger partial charge >= 0.3 is 0 Å². The maximum atomic E-state index is 12.7. The zero-order chi connectivity index (χ0) is 11.7. The fourth-order valence-corrected chi connectivity index (χ4v) is 4.05. The summed E-state index contributed by atoms with van der Waals surface area (Å²) in [6.45, 7) is 0. The lowest BCUT2D eigenvalue weighted by molar-refractivity contribution is 0.103. The summed E-state index contributed by atoms with van der Waals surface area (Å²) in [5.74, 6) is -0.462. The maximum Gasteiger partial charge on any atom is 0.195 e. The summed E-state index contributed by atoms with van der Waals surface area (Å²) >= 11 is 8.07. The molecule has 0 amide bonds. The standard InChI is InChI=1S/C11H5Br2FOS/c12-9-5-8(11(13)16-9)10(15)6-1-3-7(14)4-2-6/h1-5H. The number of hydrogen-bond acceptors (Lipinski definition) is 2. The Morgan fingerprint density at radius 2 is 1.81 bits per heavy atom. The van der Waals surface area contributed by atoms with E-state index in [1.807, 2.05) is 0 Å². The molecule has 0 unspecified atom stereocenters. The van der Waals surface area contributed by atoms with Crippen molar-refractivity contribution in [3.05, 3.63) is 54.8 Å². The van der Waals surface area contributed by atoms with E-state index in [1.54, 1.807) is 6.07 Å². The largest absolute Gasteiger partial charge is 0.289 e. The molecule has 2 rings (SSSR count). The average molecular weight is 364 g/mol. The van der Waals surface area contributed by atoms with Crippen LogP contribution in [-0.4, -0.2) is 5.78 Å². The molecule has 2 aromatic rings. The van der Waals surface area contributed by atoms with Crippen molar-refractivity contribution in [1.29, 1.82) is 0 Å². The molecule has 82 valence electrons. The molecule has 1 aromatic heterocycles. The van der Waals surface area contributed by atoms with Crippen LogP contribution in [0.15, 0.2) is 37.9 Å². The van der Waals surface area contributed by atoms with Gasteiger partial charge in [-0.15, -0.1) is 11.3 Å². The number of benzene rings is 1.